The fraction of sp³-hybridized carbons (Fsp3) is 0.583. The van der Waals surface area contributed by atoms with Crippen LogP contribution in [0.2, 0.25) is 0 Å². The molecule has 1 amide bonds. The number of hydrogen-bond acceptors (Lipinski definition) is 3. The minimum atomic E-state index is 0.0901. The van der Waals surface area contributed by atoms with Crippen LogP contribution in [0.4, 0.5) is 5.69 Å². The van der Waals surface area contributed by atoms with Gasteiger partial charge in [-0.15, -0.1) is 0 Å². The number of benzene rings is 1. The van der Waals surface area contributed by atoms with E-state index >= 15 is 0 Å². The second-order valence-corrected chi connectivity index (χ2v) is 8.61. The number of anilines is 1. The van der Waals surface area contributed by atoms with Gasteiger partial charge in [0.1, 0.15) is 0 Å². The van der Waals surface area contributed by atoms with Crippen LogP contribution in [0, 0.1) is 5.92 Å². The molecule has 1 aromatic rings. The average Bonchev–Trinajstić information content (AvgIpc) is 3.27. The van der Waals surface area contributed by atoms with Crippen LogP contribution in [-0.4, -0.2) is 43.6 Å². The van der Waals surface area contributed by atoms with Gasteiger partial charge in [0, 0.05) is 43.3 Å². The molecule has 1 fully saturated rings. The number of guanidine groups is 1. The van der Waals surface area contributed by atoms with Crippen molar-refractivity contribution in [3.8, 4) is 0 Å². The van der Waals surface area contributed by atoms with Crippen molar-refractivity contribution in [3.05, 3.63) is 42.0 Å². The third-order valence-electron chi connectivity index (χ3n) is 5.67. The standard InChI is InChI=1S/C24H37N5O/c1-4-25-24(28-21-11-8-10-20(16-21)23(30)27-18(2)3)26-17-19-9-7-12-22(15-19)29-13-5-6-14-29/h5-7,9,12,15,18,20-21H,4,8,10-11,13-14,16-17H2,1-3H3,(H,27,30)(H2,25,26,28). The van der Waals surface area contributed by atoms with Gasteiger partial charge in [-0.05, 0) is 57.7 Å². The monoisotopic (exact) mass is 411 g/mol. The molecule has 0 bridgehead atoms. The molecular weight excluding hydrogens is 374 g/mol. The second kappa shape index (κ2) is 11.0. The van der Waals surface area contributed by atoms with Crippen molar-refractivity contribution in [2.45, 2.75) is 65.1 Å². The van der Waals surface area contributed by atoms with Gasteiger partial charge in [-0.3, -0.25) is 4.79 Å². The van der Waals surface area contributed by atoms with Gasteiger partial charge in [0.2, 0.25) is 5.91 Å². The maximum atomic E-state index is 12.4. The predicted octanol–water partition coefficient (Wildman–Crippen LogP) is 3.20. The molecule has 1 aromatic carbocycles. The summed E-state index contributed by atoms with van der Waals surface area (Å²) >= 11 is 0. The van der Waals surface area contributed by atoms with E-state index in [0.29, 0.717) is 6.54 Å². The van der Waals surface area contributed by atoms with Gasteiger partial charge < -0.3 is 20.9 Å². The highest BCUT2D eigenvalue weighted by molar-refractivity contribution is 5.81. The van der Waals surface area contributed by atoms with Crippen molar-refractivity contribution >= 4 is 17.6 Å². The minimum Gasteiger partial charge on any atom is -0.364 e. The van der Waals surface area contributed by atoms with Crippen molar-refractivity contribution in [2.75, 3.05) is 24.5 Å². The quantitative estimate of drug-likeness (QED) is 0.366. The van der Waals surface area contributed by atoms with Gasteiger partial charge in [0.05, 0.1) is 6.54 Å². The minimum absolute atomic E-state index is 0.0901. The van der Waals surface area contributed by atoms with Gasteiger partial charge in [0.15, 0.2) is 5.96 Å². The first kappa shape index (κ1) is 22.2. The molecule has 0 aromatic heterocycles. The molecule has 6 nitrogen and oxygen atoms in total. The van der Waals surface area contributed by atoms with Crippen molar-refractivity contribution < 1.29 is 4.79 Å². The van der Waals surface area contributed by atoms with Crippen molar-refractivity contribution in [1.82, 2.24) is 16.0 Å². The number of carbonyl (C=O) groups is 1. The van der Waals surface area contributed by atoms with E-state index in [0.717, 1.165) is 51.3 Å². The van der Waals surface area contributed by atoms with Crippen molar-refractivity contribution in [3.63, 3.8) is 0 Å². The Balaban J connectivity index is 1.59. The molecule has 1 aliphatic heterocycles. The van der Waals surface area contributed by atoms with E-state index in [9.17, 15) is 4.79 Å². The predicted molar refractivity (Wildman–Crippen MR) is 125 cm³/mol. The van der Waals surface area contributed by atoms with Gasteiger partial charge in [-0.25, -0.2) is 4.99 Å². The lowest BCUT2D eigenvalue weighted by Gasteiger charge is -2.30. The SMILES string of the molecule is CCNC(=NCc1cccc(N2CC=CC2)c1)NC1CCCC(C(=O)NC(C)C)C1. The molecule has 1 aliphatic carbocycles. The summed E-state index contributed by atoms with van der Waals surface area (Å²) in [5, 5.41) is 10.0. The Morgan fingerprint density at radius 3 is 2.77 bits per heavy atom. The summed E-state index contributed by atoms with van der Waals surface area (Å²) in [6.45, 7) is 9.51. The molecule has 0 saturated heterocycles. The molecular formula is C24H37N5O. The lowest BCUT2D eigenvalue weighted by atomic mass is 9.85. The highest BCUT2D eigenvalue weighted by Gasteiger charge is 2.28. The lowest BCUT2D eigenvalue weighted by molar-refractivity contribution is -0.126. The summed E-state index contributed by atoms with van der Waals surface area (Å²) in [5.41, 5.74) is 2.45. The molecule has 30 heavy (non-hydrogen) atoms. The normalized spacial score (nSPS) is 21.7. The number of nitrogens with one attached hydrogen (secondary N) is 3. The first-order valence-electron chi connectivity index (χ1n) is 11.4. The summed E-state index contributed by atoms with van der Waals surface area (Å²) in [7, 11) is 0. The Kier molecular flexibility index (Phi) is 8.17. The van der Waals surface area contributed by atoms with E-state index < -0.39 is 0 Å². The van der Waals surface area contributed by atoms with Crippen LogP contribution in [-0.2, 0) is 11.3 Å². The maximum absolute atomic E-state index is 12.4. The van der Waals surface area contributed by atoms with Gasteiger partial charge in [-0.1, -0.05) is 30.7 Å². The van der Waals surface area contributed by atoms with Crippen molar-refractivity contribution in [2.24, 2.45) is 10.9 Å². The van der Waals surface area contributed by atoms with Crippen molar-refractivity contribution in [1.29, 1.82) is 0 Å². The highest BCUT2D eigenvalue weighted by Crippen LogP contribution is 2.25. The molecule has 2 atom stereocenters. The summed E-state index contributed by atoms with van der Waals surface area (Å²) in [6.07, 6.45) is 8.39. The largest absolute Gasteiger partial charge is 0.364 e. The molecule has 164 valence electrons. The molecule has 0 radical (unpaired) electrons. The summed E-state index contributed by atoms with van der Waals surface area (Å²) in [5.74, 6) is 1.11. The molecule has 3 rings (SSSR count). The Hall–Kier alpha value is -2.50. The topological polar surface area (TPSA) is 68.8 Å². The van der Waals surface area contributed by atoms with Crippen LogP contribution in [0.15, 0.2) is 41.4 Å². The number of amides is 1. The molecule has 2 aliphatic rings. The third kappa shape index (κ3) is 6.51. The van der Waals surface area contributed by atoms with E-state index in [-0.39, 0.29) is 23.9 Å². The van der Waals surface area contributed by atoms with E-state index in [2.05, 4.69) is 64.2 Å². The van der Waals surface area contributed by atoms with Crippen LogP contribution in [0.5, 0.6) is 0 Å². The van der Waals surface area contributed by atoms with Crippen LogP contribution >= 0.6 is 0 Å². The second-order valence-electron chi connectivity index (χ2n) is 8.61. The van der Waals surface area contributed by atoms with Gasteiger partial charge in [-0.2, -0.15) is 0 Å². The molecule has 0 spiro atoms. The first-order valence-corrected chi connectivity index (χ1v) is 11.4. The Morgan fingerprint density at radius 2 is 2.03 bits per heavy atom. The molecule has 1 heterocycles. The number of rotatable bonds is 7. The number of hydrogen-bond donors (Lipinski definition) is 3. The highest BCUT2D eigenvalue weighted by atomic mass is 16.1. The molecule has 6 heteroatoms. The zero-order valence-electron chi connectivity index (χ0n) is 18.7. The number of aliphatic imine (C=N–C) groups is 1. The van der Waals surface area contributed by atoms with Crippen LogP contribution in [0.25, 0.3) is 0 Å². The Bertz CT molecular complexity index is 750. The Morgan fingerprint density at radius 1 is 1.23 bits per heavy atom. The number of carbonyl (C=O) groups excluding carboxylic acids is 1. The van der Waals surface area contributed by atoms with Crippen LogP contribution in [0.1, 0.15) is 52.0 Å². The number of nitrogens with zero attached hydrogens (tertiary/aromatic N) is 2. The molecule has 3 N–H and O–H groups in total. The van der Waals surface area contributed by atoms with E-state index in [4.69, 9.17) is 4.99 Å². The average molecular weight is 412 g/mol. The molecule has 2 unspecified atom stereocenters. The van der Waals surface area contributed by atoms with E-state index in [1.54, 1.807) is 0 Å². The fourth-order valence-electron chi connectivity index (χ4n) is 4.19. The Labute approximate surface area is 181 Å². The van der Waals surface area contributed by atoms with E-state index in [1.165, 1.54) is 11.3 Å². The van der Waals surface area contributed by atoms with E-state index in [1.807, 2.05) is 13.8 Å². The lowest BCUT2D eigenvalue weighted by Crippen LogP contribution is -2.47. The molecule has 1 saturated carbocycles. The third-order valence-corrected chi connectivity index (χ3v) is 5.67. The summed E-state index contributed by atoms with van der Waals surface area (Å²) in [4.78, 5) is 19.6. The smallest absolute Gasteiger partial charge is 0.223 e. The van der Waals surface area contributed by atoms with Crippen LogP contribution in [0.3, 0.4) is 0 Å². The zero-order chi connectivity index (χ0) is 21.3. The zero-order valence-corrected chi connectivity index (χ0v) is 18.7. The summed E-state index contributed by atoms with van der Waals surface area (Å²) < 4.78 is 0. The van der Waals surface area contributed by atoms with Gasteiger partial charge in [0.25, 0.3) is 0 Å². The maximum Gasteiger partial charge on any atom is 0.223 e. The fourth-order valence-corrected chi connectivity index (χ4v) is 4.19. The van der Waals surface area contributed by atoms with Crippen LogP contribution < -0.4 is 20.9 Å². The first-order chi connectivity index (χ1) is 14.5. The summed E-state index contributed by atoms with van der Waals surface area (Å²) in [6, 6.07) is 9.10. The van der Waals surface area contributed by atoms with Gasteiger partial charge >= 0.3 is 0 Å².